The molecule has 27 heavy (non-hydrogen) atoms. The van der Waals surface area contributed by atoms with Gasteiger partial charge in [-0.25, -0.2) is 27.5 Å². The molecule has 0 aliphatic rings. The number of rotatable bonds is 6. The van der Waals surface area contributed by atoms with Crippen molar-refractivity contribution in [1.82, 2.24) is 19.3 Å². The molecule has 0 bridgehead atoms. The highest BCUT2D eigenvalue weighted by molar-refractivity contribution is 7.89. The molecule has 7 nitrogen and oxygen atoms in total. The zero-order valence-electron chi connectivity index (χ0n) is 15.5. The van der Waals surface area contributed by atoms with Crippen molar-refractivity contribution >= 4 is 26.9 Å². The van der Waals surface area contributed by atoms with Crippen LogP contribution in [0.2, 0.25) is 0 Å². The van der Waals surface area contributed by atoms with Gasteiger partial charge in [0.05, 0.1) is 10.4 Å². The highest BCUT2D eigenvalue weighted by Gasteiger charge is 2.17. The highest BCUT2D eigenvalue weighted by Crippen LogP contribution is 2.25. The molecule has 2 heterocycles. The number of nitrogens with zero attached hydrogens (tertiary/aromatic N) is 3. The van der Waals surface area contributed by atoms with Crippen molar-refractivity contribution in [3.05, 3.63) is 47.2 Å². The Hall–Kier alpha value is -2.52. The normalized spacial score (nSPS) is 12.0. The van der Waals surface area contributed by atoms with Gasteiger partial charge in [0.1, 0.15) is 17.2 Å². The maximum atomic E-state index is 13.2. The van der Waals surface area contributed by atoms with Gasteiger partial charge in [0.15, 0.2) is 5.82 Å². The molecule has 2 aromatic heterocycles. The van der Waals surface area contributed by atoms with Gasteiger partial charge in [-0.05, 0) is 51.0 Å². The van der Waals surface area contributed by atoms with Gasteiger partial charge >= 0.3 is 0 Å². The summed E-state index contributed by atoms with van der Waals surface area (Å²) in [6.07, 6.45) is 0.543. The summed E-state index contributed by atoms with van der Waals surface area (Å²) in [6.45, 7) is 6.53. The number of imidazole rings is 1. The number of fused-ring (bicyclic) bond motifs is 1. The van der Waals surface area contributed by atoms with E-state index >= 15 is 0 Å². The molecule has 3 aromatic rings. The number of hydrogen-bond donors (Lipinski definition) is 2. The Morgan fingerprint density at radius 3 is 2.67 bits per heavy atom. The molecule has 0 aliphatic carbocycles. The average Bonchev–Trinajstić information content (AvgIpc) is 2.94. The summed E-state index contributed by atoms with van der Waals surface area (Å²) in [7, 11) is -3.74. The Kier molecular flexibility index (Phi) is 5.16. The molecule has 9 heteroatoms. The molecular weight excluding hydrogens is 369 g/mol. The summed E-state index contributed by atoms with van der Waals surface area (Å²) < 4.78 is 42.3. The summed E-state index contributed by atoms with van der Waals surface area (Å²) in [6, 6.07) is 4.93. The predicted octanol–water partition coefficient (Wildman–Crippen LogP) is 2.45. The van der Waals surface area contributed by atoms with Gasteiger partial charge in [-0.15, -0.1) is 0 Å². The Morgan fingerprint density at radius 2 is 1.96 bits per heavy atom. The van der Waals surface area contributed by atoms with E-state index in [1.54, 1.807) is 0 Å². The number of pyridine rings is 1. The number of aryl methyl sites for hydroxylation is 4. The minimum atomic E-state index is -3.74. The van der Waals surface area contributed by atoms with Crippen molar-refractivity contribution < 1.29 is 12.8 Å². The smallest absolute Gasteiger partial charge is 0.240 e. The molecule has 0 spiro atoms. The fraction of sp³-hybridized carbons (Fsp3) is 0.333. The van der Waals surface area contributed by atoms with Crippen molar-refractivity contribution in [3.63, 3.8) is 0 Å². The van der Waals surface area contributed by atoms with E-state index in [0.29, 0.717) is 24.3 Å². The van der Waals surface area contributed by atoms with Crippen LogP contribution in [0.25, 0.3) is 11.0 Å². The lowest BCUT2D eigenvalue weighted by Gasteiger charge is -2.11. The van der Waals surface area contributed by atoms with Crippen LogP contribution in [-0.2, 0) is 16.6 Å². The molecule has 1 aromatic carbocycles. The van der Waals surface area contributed by atoms with E-state index in [2.05, 4.69) is 14.7 Å². The maximum absolute atomic E-state index is 13.2. The van der Waals surface area contributed by atoms with E-state index in [9.17, 15) is 12.8 Å². The number of nitrogen functional groups attached to an aromatic ring is 1. The topological polar surface area (TPSA) is 103 Å². The molecule has 0 amide bonds. The van der Waals surface area contributed by atoms with Gasteiger partial charge < -0.3 is 10.3 Å². The van der Waals surface area contributed by atoms with Crippen LogP contribution in [0.4, 0.5) is 10.2 Å². The van der Waals surface area contributed by atoms with Gasteiger partial charge in [0, 0.05) is 18.8 Å². The molecule has 0 atom stereocenters. The number of nitrogens with one attached hydrogen (secondary N) is 1. The Balaban J connectivity index is 1.74. The SMILES string of the molecule is Cc1nc(N)c2nc(C)n(CCCNS(=O)(=O)c3cccc(F)c3)c2c1C. The molecule has 0 radical (unpaired) electrons. The highest BCUT2D eigenvalue weighted by atomic mass is 32.2. The lowest BCUT2D eigenvalue weighted by atomic mass is 10.2. The maximum Gasteiger partial charge on any atom is 0.240 e. The number of anilines is 1. The van der Waals surface area contributed by atoms with Gasteiger partial charge in [0.25, 0.3) is 0 Å². The van der Waals surface area contributed by atoms with Crippen LogP contribution < -0.4 is 10.5 Å². The molecule has 0 unspecified atom stereocenters. The van der Waals surface area contributed by atoms with E-state index in [0.717, 1.165) is 28.7 Å². The lowest BCUT2D eigenvalue weighted by Crippen LogP contribution is -2.25. The van der Waals surface area contributed by atoms with E-state index in [-0.39, 0.29) is 11.4 Å². The number of benzene rings is 1. The van der Waals surface area contributed by atoms with Crippen LogP contribution >= 0.6 is 0 Å². The Bertz CT molecular complexity index is 1110. The number of nitrogens with two attached hydrogens (primary N) is 1. The Labute approximate surface area is 157 Å². The third kappa shape index (κ3) is 3.79. The van der Waals surface area contributed by atoms with Gasteiger partial charge in [-0.1, -0.05) is 6.07 Å². The number of halogens is 1. The quantitative estimate of drug-likeness (QED) is 0.628. The van der Waals surface area contributed by atoms with Crippen molar-refractivity contribution in [2.24, 2.45) is 0 Å². The van der Waals surface area contributed by atoms with Crippen LogP contribution in [0, 0.1) is 26.6 Å². The predicted molar refractivity (Wildman–Crippen MR) is 102 cm³/mol. The van der Waals surface area contributed by atoms with Gasteiger partial charge in [0.2, 0.25) is 10.0 Å². The largest absolute Gasteiger partial charge is 0.382 e. The van der Waals surface area contributed by atoms with Gasteiger partial charge in [-0.3, -0.25) is 0 Å². The molecule has 3 N–H and O–H groups in total. The van der Waals surface area contributed by atoms with Crippen molar-refractivity contribution in [1.29, 1.82) is 0 Å². The van der Waals surface area contributed by atoms with Gasteiger partial charge in [-0.2, -0.15) is 0 Å². The molecular formula is C18H22FN5O2S. The summed E-state index contributed by atoms with van der Waals surface area (Å²) in [5.74, 6) is 0.595. The summed E-state index contributed by atoms with van der Waals surface area (Å²) in [5.41, 5.74) is 9.41. The first-order valence-electron chi connectivity index (χ1n) is 8.55. The number of aromatic nitrogens is 3. The number of hydrogen-bond acceptors (Lipinski definition) is 5. The lowest BCUT2D eigenvalue weighted by molar-refractivity contribution is 0.567. The van der Waals surface area contributed by atoms with E-state index in [1.165, 1.54) is 18.2 Å². The van der Waals surface area contributed by atoms with Crippen LogP contribution in [0.5, 0.6) is 0 Å². The van der Waals surface area contributed by atoms with Crippen LogP contribution in [0.1, 0.15) is 23.5 Å². The van der Waals surface area contributed by atoms with E-state index in [1.807, 2.05) is 25.3 Å². The number of sulfonamides is 1. The fourth-order valence-electron chi connectivity index (χ4n) is 3.05. The first kappa shape index (κ1) is 19.2. The van der Waals surface area contributed by atoms with E-state index < -0.39 is 15.8 Å². The van der Waals surface area contributed by atoms with Crippen molar-refractivity contribution in [3.8, 4) is 0 Å². The monoisotopic (exact) mass is 391 g/mol. The Morgan fingerprint density at radius 1 is 1.22 bits per heavy atom. The van der Waals surface area contributed by atoms with Crippen molar-refractivity contribution in [2.45, 2.75) is 38.6 Å². The summed E-state index contributed by atoms with van der Waals surface area (Å²) in [5, 5.41) is 0. The molecule has 144 valence electrons. The van der Waals surface area contributed by atoms with Crippen molar-refractivity contribution in [2.75, 3.05) is 12.3 Å². The third-order valence-corrected chi connectivity index (χ3v) is 6.00. The zero-order chi connectivity index (χ0) is 19.8. The first-order chi connectivity index (χ1) is 12.7. The minimum absolute atomic E-state index is 0.0860. The fourth-order valence-corrected chi connectivity index (χ4v) is 4.15. The second-order valence-corrected chi connectivity index (χ2v) is 8.19. The molecule has 0 fully saturated rings. The zero-order valence-corrected chi connectivity index (χ0v) is 16.3. The second kappa shape index (κ2) is 7.24. The van der Waals surface area contributed by atoms with Crippen LogP contribution in [0.3, 0.4) is 0 Å². The van der Waals surface area contributed by atoms with Crippen LogP contribution in [0.15, 0.2) is 29.2 Å². The third-order valence-electron chi connectivity index (χ3n) is 4.54. The van der Waals surface area contributed by atoms with Crippen LogP contribution in [-0.4, -0.2) is 29.5 Å². The molecule has 3 rings (SSSR count). The standard InChI is InChI=1S/C18H22FN5O2S/c1-11-12(2)22-18(20)16-17(11)24(13(3)23-16)9-5-8-21-27(25,26)15-7-4-6-14(19)10-15/h4,6-7,10,21H,5,8-9H2,1-3H3,(H2,20,22). The molecule has 0 saturated heterocycles. The summed E-state index contributed by atoms with van der Waals surface area (Å²) >= 11 is 0. The minimum Gasteiger partial charge on any atom is -0.382 e. The second-order valence-electron chi connectivity index (χ2n) is 6.42. The summed E-state index contributed by atoms with van der Waals surface area (Å²) in [4.78, 5) is 8.71. The first-order valence-corrected chi connectivity index (χ1v) is 10.0. The molecule has 0 saturated carbocycles. The molecule has 0 aliphatic heterocycles. The van der Waals surface area contributed by atoms with E-state index in [4.69, 9.17) is 5.73 Å². The average molecular weight is 391 g/mol.